The van der Waals surface area contributed by atoms with Gasteiger partial charge in [-0.3, -0.25) is 4.79 Å². The predicted octanol–water partition coefficient (Wildman–Crippen LogP) is 2.36. The summed E-state index contributed by atoms with van der Waals surface area (Å²) in [6, 6.07) is 5.30. The average Bonchev–Trinajstić information content (AvgIpc) is 2.81. The third-order valence-corrected chi connectivity index (χ3v) is 3.98. The number of urea groups is 1. The van der Waals surface area contributed by atoms with Gasteiger partial charge in [-0.1, -0.05) is 19.9 Å². The molecule has 3 amide bonds. The Balaban J connectivity index is 1.97. The molecule has 1 saturated heterocycles. The molecule has 1 aromatic carbocycles. The predicted molar refractivity (Wildman–Crippen MR) is 88.0 cm³/mol. The molecule has 0 aromatic heterocycles. The van der Waals surface area contributed by atoms with Gasteiger partial charge in [-0.25, -0.2) is 4.79 Å². The summed E-state index contributed by atoms with van der Waals surface area (Å²) in [5.74, 6) is 0.347. The van der Waals surface area contributed by atoms with Gasteiger partial charge in [-0.15, -0.1) is 0 Å². The second-order valence-electron chi connectivity index (χ2n) is 6.35. The normalized spacial score (nSPS) is 18.0. The highest BCUT2D eigenvalue weighted by Crippen LogP contribution is 2.24. The Kier molecular flexibility index (Phi) is 5.06. The Hall–Kier alpha value is -2.04. The lowest BCUT2D eigenvalue weighted by Crippen LogP contribution is -2.46. The van der Waals surface area contributed by atoms with Crippen molar-refractivity contribution in [3.8, 4) is 0 Å². The Morgan fingerprint density at radius 1 is 1.32 bits per heavy atom. The zero-order valence-corrected chi connectivity index (χ0v) is 13.8. The van der Waals surface area contributed by atoms with Gasteiger partial charge in [0, 0.05) is 18.8 Å². The third kappa shape index (κ3) is 3.78. The zero-order chi connectivity index (χ0) is 16.3. The molecule has 0 radical (unpaired) electrons. The van der Waals surface area contributed by atoms with Crippen molar-refractivity contribution in [1.29, 1.82) is 0 Å². The van der Waals surface area contributed by atoms with Crippen LogP contribution in [0.2, 0.25) is 0 Å². The molecule has 1 aromatic rings. The van der Waals surface area contributed by atoms with Crippen molar-refractivity contribution < 1.29 is 9.59 Å². The fraction of sp³-hybridized carbons (Fsp3) is 0.529. The fourth-order valence-corrected chi connectivity index (χ4v) is 2.47. The van der Waals surface area contributed by atoms with E-state index in [4.69, 9.17) is 0 Å². The van der Waals surface area contributed by atoms with Crippen LogP contribution in [0.5, 0.6) is 0 Å². The minimum absolute atomic E-state index is 0.0389. The van der Waals surface area contributed by atoms with Crippen molar-refractivity contribution >= 4 is 17.6 Å². The number of nitrogens with zero attached hydrogens (tertiary/aromatic N) is 1. The maximum atomic E-state index is 12.5. The quantitative estimate of drug-likeness (QED) is 0.897. The molecule has 2 rings (SSSR count). The number of rotatable bonds is 4. The van der Waals surface area contributed by atoms with E-state index in [1.54, 1.807) is 4.90 Å². The lowest BCUT2D eigenvalue weighted by Gasteiger charge is -2.18. The first kappa shape index (κ1) is 16.3. The molecule has 0 saturated carbocycles. The molecule has 2 N–H and O–H groups in total. The van der Waals surface area contributed by atoms with Crippen LogP contribution in [0.4, 0.5) is 10.5 Å². The molecule has 0 bridgehead atoms. The highest BCUT2D eigenvalue weighted by molar-refractivity contribution is 6.01. The number of hydrogen-bond acceptors (Lipinski definition) is 2. The van der Waals surface area contributed by atoms with Gasteiger partial charge in [0.15, 0.2) is 0 Å². The van der Waals surface area contributed by atoms with Crippen LogP contribution in [0.25, 0.3) is 0 Å². The molecule has 1 atom stereocenters. The first-order chi connectivity index (χ1) is 10.4. The topological polar surface area (TPSA) is 61.4 Å². The van der Waals surface area contributed by atoms with E-state index < -0.39 is 6.04 Å². The summed E-state index contributed by atoms with van der Waals surface area (Å²) < 4.78 is 0. The summed E-state index contributed by atoms with van der Waals surface area (Å²) in [7, 11) is 0. The van der Waals surface area contributed by atoms with E-state index in [1.807, 2.05) is 45.9 Å². The molecule has 1 aliphatic heterocycles. The van der Waals surface area contributed by atoms with Crippen LogP contribution in [-0.2, 0) is 4.79 Å². The van der Waals surface area contributed by atoms with E-state index in [0.29, 0.717) is 25.4 Å². The van der Waals surface area contributed by atoms with Crippen LogP contribution in [0.15, 0.2) is 18.2 Å². The SMILES string of the molecule is Cc1ccc(N2CC[C@@H](NC(=O)NCC(C)C)C2=O)cc1C. The Morgan fingerprint density at radius 2 is 2.05 bits per heavy atom. The van der Waals surface area contributed by atoms with Gasteiger partial charge in [0.25, 0.3) is 0 Å². The first-order valence-corrected chi connectivity index (χ1v) is 7.81. The van der Waals surface area contributed by atoms with Crippen LogP contribution in [0.3, 0.4) is 0 Å². The number of carbonyl (C=O) groups is 2. The van der Waals surface area contributed by atoms with Crippen molar-refractivity contribution in [2.45, 2.75) is 40.2 Å². The van der Waals surface area contributed by atoms with E-state index in [2.05, 4.69) is 10.6 Å². The highest BCUT2D eigenvalue weighted by atomic mass is 16.2. The number of nitrogens with one attached hydrogen (secondary N) is 2. The van der Waals surface area contributed by atoms with Crippen LogP contribution in [0.1, 0.15) is 31.4 Å². The van der Waals surface area contributed by atoms with E-state index in [-0.39, 0.29) is 11.9 Å². The summed E-state index contributed by atoms with van der Waals surface area (Å²) >= 11 is 0. The molecule has 1 aliphatic rings. The molecule has 0 aliphatic carbocycles. The monoisotopic (exact) mass is 303 g/mol. The molecule has 5 heteroatoms. The van der Waals surface area contributed by atoms with Crippen molar-refractivity contribution in [2.24, 2.45) is 5.92 Å². The molecule has 1 fully saturated rings. The number of carbonyl (C=O) groups excluding carboxylic acids is 2. The van der Waals surface area contributed by atoms with E-state index in [9.17, 15) is 9.59 Å². The lowest BCUT2D eigenvalue weighted by atomic mass is 10.1. The minimum atomic E-state index is -0.436. The van der Waals surface area contributed by atoms with Crippen LogP contribution in [0, 0.1) is 19.8 Å². The molecule has 5 nitrogen and oxygen atoms in total. The molecule has 120 valence electrons. The Labute approximate surface area is 132 Å². The average molecular weight is 303 g/mol. The minimum Gasteiger partial charge on any atom is -0.338 e. The smallest absolute Gasteiger partial charge is 0.315 e. The second kappa shape index (κ2) is 6.81. The van der Waals surface area contributed by atoms with Crippen molar-refractivity contribution in [2.75, 3.05) is 18.0 Å². The largest absolute Gasteiger partial charge is 0.338 e. The first-order valence-electron chi connectivity index (χ1n) is 7.81. The van der Waals surface area contributed by atoms with Crippen LogP contribution < -0.4 is 15.5 Å². The number of benzene rings is 1. The second-order valence-corrected chi connectivity index (χ2v) is 6.35. The van der Waals surface area contributed by atoms with Crippen molar-refractivity contribution in [3.05, 3.63) is 29.3 Å². The van der Waals surface area contributed by atoms with Gasteiger partial charge in [0.1, 0.15) is 6.04 Å². The van der Waals surface area contributed by atoms with Gasteiger partial charge in [-0.2, -0.15) is 0 Å². The maximum absolute atomic E-state index is 12.5. The van der Waals surface area contributed by atoms with Crippen LogP contribution in [-0.4, -0.2) is 31.1 Å². The summed E-state index contributed by atoms with van der Waals surface area (Å²) in [5, 5.41) is 5.55. The standard InChI is InChI=1S/C17H25N3O2/c1-11(2)10-18-17(22)19-15-7-8-20(16(15)21)14-6-5-12(3)13(4)9-14/h5-6,9,11,15H,7-8,10H2,1-4H3,(H2,18,19,22)/t15-/m1/s1. The molecule has 22 heavy (non-hydrogen) atoms. The van der Waals surface area contributed by atoms with Crippen LogP contribution >= 0.6 is 0 Å². The summed E-state index contributed by atoms with van der Waals surface area (Å²) in [5.41, 5.74) is 3.27. The van der Waals surface area contributed by atoms with Gasteiger partial charge >= 0.3 is 6.03 Å². The summed E-state index contributed by atoms with van der Waals surface area (Å²) in [6.07, 6.45) is 0.640. The van der Waals surface area contributed by atoms with Gasteiger partial charge in [0.05, 0.1) is 0 Å². The van der Waals surface area contributed by atoms with Gasteiger partial charge < -0.3 is 15.5 Å². The van der Waals surface area contributed by atoms with Gasteiger partial charge in [-0.05, 0) is 49.4 Å². The molecular weight excluding hydrogens is 278 g/mol. The fourth-order valence-electron chi connectivity index (χ4n) is 2.47. The van der Waals surface area contributed by atoms with E-state index >= 15 is 0 Å². The Morgan fingerprint density at radius 3 is 2.68 bits per heavy atom. The highest BCUT2D eigenvalue weighted by Gasteiger charge is 2.33. The number of anilines is 1. The molecule has 1 heterocycles. The van der Waals surface area contributed by atoms with Gasteiger partial charge in [0.2, 0.25) is 5.91 Å². The van der Waals surface area contributed by atoms with E-state index in [0.717, 1.165) is 11.3 Å². The Bertz CT molecular complexity index is 569. The molecular formula is C17H25N3O2. The van der Waals surface area contributed by atoms with Crippen molar-refractivity contribution in [1.82, 2.24) is 10.6 Å². The van der Waals surface area contributed by atoms with E-state index in [1.165, 1.54) is 5.56 Å². The molecule has 0 spiro atoms. The summed E-state index contributed by atoms with van der Waals surface area (Å²) in [6.45, 7) is 9.39. The maximum Gasteiger partial charge on any atom is 0.315 e. The lowest BCUT2D eigenvalue weighted by molar-refractivity contribution is -0.118. The number of amides is 3. The van der Waals surface area contributed by atoms with Crippen molar-refractivity contribution in [3.63, 3.8) is 0 Å². The summed E-state index contributed by atoms with van der Waals surface area (Å²) in [4.78, 5) is 26.0. The zero-order valence-electron chi connectivity index (χ0n) is 13.8. The third-order valence-electron chi connectivity index (χ3n) is 3.98. The number of aryl methyl sites for hydroxylation is 2. The molecule has 0 unspecified atom stereocenters. The number of hydrogen-bond donors (Lipinski definition) is 2.